The summed E-state index contributed by atoms with van der Waals surface area (Å²) >= 11 is 5.89. The number of hydrogen-bond donors (Lipinski definition) is 1. The molecule has 21 heavy (non-hydrogen) atoms. The third kappa shape index (κ3) is 2.66. The average Bonchev–Trinajstić information content (AvgIpc) is 2.51. The van der Waals surface area contributed by atoms with Crippen molar-refractivity contribution in [1.29, 1.82) is 0 Å². The van der Waals surface area contributed by atoms with E-state index in [0.29, 0.717) is 21.7 Å². The Morgan fingerprint density at radius 2 is 1.86 bits per heavy atom. The van der Waals surface area contributed by atoms with E-state index in [1.54, 1.807) is 24.3 Å². The molecule has 1 heterocycles. The number of fused-ring (bicyclic) bond motifs is 1. The number of benzene rings is 2. The maximum absolute atomic E-state index is 12.2. The minimum absolute atomic E-state index is 0.324. The highest BCUT2D eigenvalue weighted by Gasteiger charge is 2.07. The zero-order valence-electron chi connectivity index (χ0n) is 11.0. The van der Waals surface area contributed by atoms with Crippen LogP contribution in [-0.2, 0) is 0 Å². The second-order valence-electron chi connectivity index (χ2n) is 4.55. The van der Waals surface area contributed by atoms with Gasteiger partial charge >= 0.3 is 0 Å². The van der Waals surface area contributed by atoms with Crippen LogP contribution in [0, 0.1) is 0 Å². The first-order valence-corrected chi connectivity index (χ1v) is 6.73. The molecule has 0 atom stereocenters. The van der Waals surface area contributed by atoms with Crippen molar-refractivity contribution in [3.8, 4) is 0 Å². The lowest BCUT2D eigenvalue weighted by molar-refractivity contribution is 0.896. The number of rotatable bonds is 2. The monoisotopic (exact) mass is 297 g/mol. The van der Waals surface area contributed by atoms with Crippen LogP contribution in [0.2, 0.25) is 5.02 Å². The average molecular weight is 298 g/mol. The van der Waals surface area contributed by atoms with Gasteiger partial charge in [-0.05, 0) is 29.8 Å². The van der Waals surface area contributed by atoms with Crippen LogP contribution in [0.25, 0.3) is 23.1 Å². The lowest BCUT2D eigenvalue weighted by Gasteiger charge is -2.05. The van der Waals surface area contributed by atoms with E-state index in [4.69, 9.17) is 17.4 Å². The summed E-state index contributed by atoms with van der Waals surface area (Å²) in [6.45, 7) is 0. The molecule has 0 unspecified atom stereocenters. The summed E-state index contributed by atoms with van der Waals surface area (Å²) in [5.41, 5.74) is 1.25. The Morgan fingerprint density at radius 3 is 2.62 bits per heavy atom. The van der Waals surface area contributed by atoms with Gasteiger partial charge in [0.05, 0.1) is 10.9 Å². The van der Waals surface area contributed by atoms with E-state index in [1.165, 1.54) is 0 Å². The molecule has 1 aromatic heterocycles. The highest BCUT2D eigenvalue weighted by atomic mass is 35.5. The summed E-state index contributed by atoms with van der Waals surface area (Å²) < 4.78 is 1.03. The molecular weight excluding hydrogens is 286 g/mol. The van der Waals surface area contributed by atoms with Gasteiger partial charge in [0.25, 0.3) is 5.56 Å². The van der Waals surface area contributed by atoms with Crippen molar-refractivity contribution in [2.24, 2.45) is 0 Å². The van der Waals surface area contributed by atoms with E-state index >= 15 is 0 Å². The molecule has 0 amide bonds. The molecule has 3 aromatic rings. The van der Waals surface area contributed by atoms with E-state index in [0.717, 1.165) is 10.2 Å². The highest BCUT2D eigenvalue weighted by molar-refractivity contribution is 6.31. The van der Waals surface area contributed by atoms with Crippen LogP contribution in [0.5, 0.6) is 0 Å². The molecular formula is C16H12ClN3O. The summed E-state index contributed by atoms with van der Waals surface area (Å²) in [6, 6.07) is 14.7. The van der Waals surface area contributed by atoms with Crippen LogP contribution in [0.3, 0.4) is 0 Å². The largest absolute Gasteiger partial charge is 0.334 e. The zero-order chi connectivity index (χ0) is 14.8. The van der Waals surface area contributed by atoms with E-state index in [1.807, 2.05) is 36.4 Å². The van der Waals surface area contributed by atoms with Crippen molar-refractivity contribution in [1.82, 2.24) is 9.66 Å². The van der Waals surface area contributed by atoms with Gasteiger partial charge in [-0.3, -0.25) is 4.79 Å². The second kappa shape index (κ2) is 5.42. The predicted octanol–water partition coefficient (Wildman–Crippen LogP) is 2.93. The van der Waals surface area contributed by atoms with Crippen molar-refractivity contribution in [3.05, 3.63) is 75.3 Å². The van der Waals surface area contributed by atoms with Gasteiger partial charge in [-0.2, -0.15) is 0 Å². The molecule has 0 aliphatic heterocycles. The molecule has 0 saturated carbocycles. The van der Waals surface area contributed by atoms with Gasteiger partial charge in [0.1, 0.15) is 0 Å². The molecule has 0 spiro atoms. The fourth-order valence-corrected chi connectivity index (χ4v) is 2.21. The van der Waals surface area contributed by atoms with E-state index in [2.05, 4.69) is 4.98 Å². The van der Waals surface area contributed by atoms with Gasteiger partial charge < -0.3 is 5.84 Å². The molecule has 0 bridgehead atoms. The number of nitrogens with zero attached hydrogens (tertiary/aromatic N) is 2. The normalized spacial score (nSPS) is 11.3. The first-order chi connectivity index (χ1) is 10.1. The summed E-state index contributed by atoms with van der Waals surface area (Å²) in [4.78, 5) is 16.6. The lowest BCUT2D eigenvalue weighted by Crippen LogP contribution is -2.30. The number of hydrogen-bond acceptors (Lipinski definition) is 3. The Hall–Kier alpha value is -2.59. The van der Waals surface area contributed by atoms with Crippen LogP contribution < -0.4 is 11.4 Å². The van der Waals surface area contributed by atoms with Crippen LogP contribution in [-0.4, -0.2) is 9.66 Å². The van der Waals surface area contributed by atoms with E-state index in [-0.39, 0.29) is 5.56 Å². The standard InChI is InChI=1S/C16H12ClN3O/c17-12-7-8-14-13(10-12)16(21)20(18)15(19-14)9-6-11-4-2-1-3-5-11/h1-10H,18H2/b9-6+. The fraction of sp³-hybridized carbons (Fsp3) is 0. The number of aromatic nitrogens is 2. The summed E-state index contributed by atoms with van der Waals surface area (Å²) in [7, 11) is 0. The Labute approximate surface area is 126 Å². The van der Waals surface area contributed by atoms with Crippen LogP contribution in [0.15, 0.2) is 53.3 Å². The molecule has 2 aromatic carbocycles. The highest BCUT2D eigenvalue weighted by Crippen LogP contribution is 2.15. The zero-order valence-corrected chi connectivity index (χ0v) is 11.8. The fourth-order valence-electron chi connectivity index (χ4n) is 2.04. The third-order valence-corrected chi connectivity index (χ3v) is 3.35. The van der Waals surface area contributed by atoms with Gasteiger partial charge in [-0.15, -0.1) is 0 Å². The van der Waals surface area contributed by atoms with E-state index < -0.39 is 0 Å². The Balaban J connectivity index is 2.12. The molecule has 4 nitrogen and oxygen atoms in total. The van der Waals surface area contributed by atoms with Crippen molar-refractivity contribution < 1.29 is 0 Å². The van der Waals surface area contributed by atoms with Crippen molar-refractivity contribution >= 4 is 34.7 Å². The van der Waals surface area contributed by atoms with Crippen LogP contribution in [0.4, 0.5) is 0 Å². The minimum Gasteiger partial charge on any atom is -0.334 e. The van der Waals surface area contributed by atoms with Gasteiger partial charge in [-0.1, -0.05) is 48.0 Å². The van der Waals surface area contributed by atoms with Crippen LogP contribution >= 0.6 is 11.6 Å². The van der Waals surface area contributed by atoms with Crippen LogP contribution in [0.1, 0.15) is 11.4 Å². The maximum Gasteiger partial charge on any atom is 0.280 e. The predicted molar refractivity (Wildman–Crippen MR) is 86.5 cm³/mol. The smallest absolute Gasteiger partial charge is 0.280 e. The number of nitrogen functional groups attached to an aromatic ring is 1. The molecule has 0 saturated heterocycles. The summed E-state index contributed by atoms with van der Waals surface area (Å²) in [6.07, 6.45) is 3.57. The molecule has 5 heteroatoms. The van der Waals surface area contributed by atoms with Crippen molar-refractivity contribution in [2.45, 2.75) is 0 Å². The van der Waals surface area contributed by atoms with Gasteiger partial charge in [0, 0.05) is 5.02 Å². The minimum atomic E-state index is -0.324. The van der Waals surface area contributed by atoms with E-state index in [9.17, 15) is 4.79 Å². The van der Waals surface area contributed by atoms with Gasteiger partial charge in [-0.25, -0.2) is 9.66 Å². The lowest BCUT2D eigenvalue weighted by atomic mass is 10.2. The first-order valence-electron chi connectivity index (χ1n) is 6.36. The molecule has 0 fully saturated rings. The maximum atomic E-state index is 12.2. The molecule has 104 valence electrons. The summed E-state index contributed by atoms with van der Waals surface area (Å²) in [5.74, 6) is 6.20. The number of halogens is 1. The quantitative estimate of drug-likeness (QED) is 0.740. The molecule has 2 N–H and O–H groups in total. The van der Waals surface area contributed by atoms with Gasteiger partial charge in [0.2, 0.25) is 0 Å². The van der Waals surface area contributed by atoms with Crippen molar-refractivity contribution in [3.63, 3.8) is 0 Å². The third-order valence-electron chi connectivity index (χ3n) is 3.11. The Kier molecular flexibility index (Phi) is 3.46. The Morgan fingerprint density at radius 1 is 1.10 bits per heavy atom. The topological polar surface area (TPSA) is 60.9 Å². The Bertz CT molecular complexity index is 885. The first kappa shape index (κ1) is 13.4. The molecule has 0 radical (unpaired) electrons. The molecule has 0 aliphatic rings. The molecule has 0 aliphatic carbocycles. The van der Waals surface area contributed by atoms with Gasteiger partial charge in [0.15, 0.2) is 5.82 Å². The van der Waals surface area contributed by atoms with Crippen molar-refractivity contribution in [2.75, 3.05) is 5.84 Å². The summed E-state index contributed by atoms with van der Waals surface area (Å²) in [5, 5.41) is 0.885. The number of nitrogens with two attached hydrogens (primary N) is 1. The second-order valence-corrected chi connectivity index (χ2v) is 4.99. The molecule has 3 rings (SSSR count). The SMILES string of the molecule is Nn1c(/C=C/c2ccccc2)nc2ccc(Cl)cc2c1=O.